The summed E-state index contributed by atoms with van der Waals surface area (Å²) >= 11 is 0. The van der Waals surface area contributed by atoms with Gasteiger partial charge < -0.3 is 10.2 Å². The molecular formula is C10H22O2. The molecule has 0 aliphatic heterocycles. The lowest BCUT2D eigenvalue weighted by Crippen LogP contribution is -2.13. The average Bonchev–Trinajstić information content (AvgIpc) is 2.03. The van der Waals surface area contributed by atoms with Crippen LogP contribution in [0, 0.1) is 5.92 Å². The largest absolute Gasteiger partial charge is 0.396 e. The maximum Gasteiger partial charge on any atom is 0.0563 e. The van der Waals surface area contributed by atoms with Gasteiger partial charge >= 0.3 is 0 Å². The maximum absolute atomic E-state index is 9.43. The number of aliphatic hydroxyl groups excluding tert-OH is 2. The number of unbranched alkanes of at least 4 members (excludes halogenated alkanes) is 3. The van der Waals surface area contributed by atoms with Gasteiger partial charge in [0.15, 0.2) is 0 Å². The van der Waals surface area contributed by atoms with Crippen LogP contribution in [0.25, 0.3) is 0 Å². The molecule has 0 saturated heterocycles. The van der Waals surface area contributed by atoms with E-state index in [1.54, 1.807) is 0 Å². The number of hydrogen-bond acceptors (Lipinski definition) is 2. The molecule has 1 unspecified atom stereocenters. The Hall–Kier alpha value is -0.0800. The minimum Gasteiger partial charge on any atom is -0.396 e. The van der Waals surface area contributed by atoms with Crippen LogP contribution in [0.5, 0.6) is 0 Å². The molecule has 0 aromatic rings. The summed E-state index contributed by atoms with van der Waals surface area (Å²) in [6.07, 6.45) is 4.96. The van der Waals surface area contributed by atoms with Gasteiger partial charge in [0.1, 0.15) is 0 Å². The van der Waals surface area contributed by atoms with Crippen LogP contribution in [0.3, 0.4) is 0 Å². The molecule has 0 aromatic carbocycles. The minimum absolute atomic E-state index is 0.140. The topological polar surface area (TPSA) is 40.5 Å². The first kappa shape index (κ1) is 11.9. The van der Waals surface area contributed by atoms with E-state index in [0.29, 0.717) is 12.5 Å². The van der Waals surface area contributed by atoms with E-state index in [2.05, 4.69) is 0 Å². The Balaban J connectivity index is 3.08. The van der Waals surface area contributed by atoms with Gasteiger partial charge in [0.05, 0.1) is 6.10 Å². The van der Waals surface area contributed by atoms with Gasteiger partial charge in [0, 0.05) is 6.61 Å². The Morgan fingerprint density at radius 3 is 2.08 bits per heavy atom. The van der Waals surface area contributed by atoms with Crippen molar-refractivity contribution in [2.45, 2.75) is 52.1 Å². The second kappa shape index (κ2) is 7.56. The Morgan fingerprint density at radius 2 is 1.58 bits per heavy atom. The molecular weight excluding hydrogens is 152 g/mol. The van der Waals surface area contributed by atoms with Crippen LogP contribution < -0.4 is 0 Å². The summed E-state index contributed by atoms with van der Waals surface area (Å²) in [7, 11) is 0. The van der Waals surface area contributed by atoms with Crippen molar-refractivity contribution < 1.29 is 10.2 Å². The fraction of sp³-hybridized carbons (Fsp3) is 1.00. The fourth-order valence-corrected chi connectivity index (χ4v) is 1.15. The van der Waals surface area contributed by atoms with Crippen molar-refractivity contribution in [1.82, 2.24) is 0 Å². The van der Waals surface area contributed by atoms with Crippen LogP contribution in [-0.4, -0.2) is 22.9 Å². The summed E-state index contributed by atoms with van der Waals surface area (Å²) in [6.45, 7) is 4.38. The summed E-state index contributed by atoms with van der Waals surface area (Å²) in [5, 5.41) is 17.9. The molecule has 0 amide bonds. The lowest BCUT2D eigenvalue weighted by atomic mass is 10.0. The zero-order chi connectivity index (χ0) is 9.40. The highest BCUT2D eigenvalue weighted by Gasteiger charge is 2.07. The second-order valence-corrected chi connectivity index (χ2v) is 3.74. The predicted octanol–water partition coefficient (Wildman–Crippen LogP) is 1.95. The van der Waals surface area contributed by atoms with Crippen molar-refractivity contribution >= 4 is 0 Å². The molecule has 0 spiro atoms. The van der Waals surface area contributed by atoms with E-state index in [1.807, 2.05) is 13.8 Å². The quantitative estimate of drug-likeness (QED) is 0.579. The number of aliphatic hydroxyl groups is 2. The van der Waals surface area contributed by atoms with Crippen molar-refractivity contribution in [2.24, 2.45) is 5.92 Å². The number of hydrogen-bond donors (Lipinski definition) is 2. The van der Waals surface area contributed by atoms with E-state index >= 15 is 0 Å². The number of rotatable bonds is 7. The van der Waals surface area contributed by atoms with Crippen LogP contribution in [0.2, 0.25) is 0 Å². The summed E-state index contributed by atoms with van der Waals surface area (Å²) in [5.74, 6) is 0.378. The maximum atomic E-state index is 9.43. The fourth-order valence-electron chi connectivity index (χ4n) is 1.15. The SMILES string of the molecule is CC(C)C(O)CCCCCCO. The molecule has 0 fully saturated rings. The first-order valence-corrected chi connectivity index (χ1v) is 4.97. The first-order chi connectivity index (χ1) is 5.68. The lowest BCUT2D eigenvalue weighted by molar-refractivity contribution is 0.113. The summed E-state index contributed by atoms with van der Waals surface area (Å²) in [5.41, 5.74) is 0. The monoisotopic (exact) mass is 174 g/mol. The molecule has 0 saturated carbocycles. The molecule has 2 heteroatoms. The van der Waals surface area contributed by atoms with E-state index < -0.39 is 0 Å². The van der Waals surface area contributed by atoms with Crippen molar-refractivity contribution in [1.29, 1.82) is 0 Å². The highest BCUT2D eigenvalue weighted by atomic mass is 16.3. The molecule has 0 aliphatic rings. The Kier molecular flexibility index (Phi) is 7.51. The van der Waals surface area contributed by atoms with Gasteiger partial charge in [-0.3, -0.25) is 0 Å². The second-order valence-electron chi connectivity index (χ2n) is 3.74. The van der Waals surface area contributed by atoms with Gasteiger partial charge in [0.2, 0.25) is 0 Å². The van der Waals surface area contributed by atoms with E-state index in [0.717, 1.165) is 32.1 Å². The zero-order valence-electron chi connectivity index (χ0n) is 8.29. The molecule has 74 valence electrons. The molecule has 2 nitrogen and oxygen atoms in total. The van der Waals surface area contributed by atoms with E-state index in [9.17, 15) is 5.11 Å². The van der Waals surface area contributed by atoms with Crippen molar-refractivity contribution in [2.75, 3.05) is 6.61 Å². The van der Waals surface area contributed by atoms with Crippen LogP contribution >= 0.6 is 0 Å². The summed E-state index contributed by atoms with van der Waals surface area (Å²) in [4.78, 5) is 0. The normalized spacial score (nSPS) is 13.8. The third-order valence-electron chi connectivity index (χ3n) is 2.18. The molecule has 1 atom stereocenters. The Labute approximate surface area is 75.6 Å². The molecule has 2 N–H and O–H groups in total. The van der Waals surface area contributed by atoms with E-state index in [1.165, 1.54) is 0 Å². The predicted molar refractivity (Wildman–Crippen MR) is 51.0 cm³/mol. The third-order valence-corrected chi connectivity index (χ3v) is 2.18. The van der Waals surface area contributed by atoms with Crippen molar-refractivity contribution in [3.8, 4) is 0 Å². The van der Waals surface area contributed by atoms with E-state index in [4.69, 9.17) is 5.11 Å². The smallest absolute Gasteiger partial charge is 0.0563 e. The molecule has 12 heavy (non-hydrogen) atoms. The standard InChI is InChI=1S/C10H22O2/c1-9(2)10(12)7-5-3-4-6-8-11/h9-12H,3-8H2,1-2H3. The zero-order valence-corrected chi connectivity index (χ0v) is 8.29. The van der Waals surface area contributed by atoms with Gasteiger partial charge in [-0.05, 0) is 18.8 Å². The highest BCUT2D eigenvalue weighted by Crippen LogP contribution is 2.11. The van der Waals surface area contributed by atoms with Crippen molar-refractivity contribution in [3.05, 3.63) is 0 Å². The molecule has 0 radical (unpaired) electrons. The van der Waals surface area contributed by atoms with Crippen LogP contribution in [0.4, 0.5) is 0 Å². The van der Waals surface area contributed by atoms with Crippen LogP contribution in [-0.2, 0) is 0 Å². The molecule has 0 rings (SSSR count). The molecule has 0 aliphatic carbocycles. The Bertz CT molecular complexity index is 91.8. The molecule has 0 heterocycles. The van der Waals surface area contributed by atoms with Gasteiger partial charge in [-0.25, -0.2) is 0 Å². The van der Waals surface area contributed by atoms with E-state index in [-0.39, 0.29) is 6.10 Å². The van der Waals surface area contributed by atoms with Crippen LogP contribution in [0.15, 0.2) is 0 Å². The van der Waals surface area contributed by atoms with Gasteiger partial charge in [0.25, 0.3) is 0 Å². The summed E-state index contributed by atoms with van der Waals surface area (Å²) in [6, 6.07) is 0. The third kappa shape index (κ3) is 6.62. The Morgan fingerprint density at radius 1 is 1.00 bits per heavy atom. The summed E-state index contributed by atoms with van der Waals surface area (Å²) < 4.78 is 0. The van der Waals surface area contributed by atoms with Gasteiger partial charge in [-0.2, -0.15) is 0 Å². The lowest BCUT2D eigenvalue weighted by Gasteiger charge is -2.13. The average molecular weight is 174 g/mol. The van der Waals surface area contributed by atoms with Crippen LogP contribution in [0.1, 0.15) is 46.0 Å². The van der Waals surface area contributed by atoms with Gasteiger partial charge in [-0.15, -0.1) is 0 Å². The highest BCUT2D eigenvalue weighted by molar-refractivity contribution is 4.59. The minimum atomic E-state index is -0.140. The first-order valence-electron chi connectivity index (χ1n) is 4.97. The molecule has 0 aromatic heterocycles. The van der Waals surface area contributed by atoms with Gasteiger partial charge in [-0.1, -0.05) is 33.1 Å². The van der Waals surface area contributed by atoms with Crippen molar-refractivity contribution in [3.63, 3.8) is 0 Å². The molecule has 0 bridgehead atoms.